The van der Waals surface area contributed by atoms with Crippen LogP contribution in [0.25, 0.3) is 16.9 Å². The molecule has 0 spiro atoms. The maximum Gasteiger partial charge on any atom is 0.135 e. The van der Waals surface area contributed by atoms with Crippen LogP contribution >= 0.6 is 0 Å². The van der Waals surface area contributed by atoms with Crippen molar-refractivity contribution in [2.75, 3.05) is 5.73 Å². The van der Waals surface area contributed by atoms with Crippen molar-refractivity contribution in [3.63, 3.8) is 0 Å². The molecule has 0 radical (unpaired) electrons. The molecule has 0 atom stereocenters. The summed E-state index contributed by atoms with van der Waals surface area (Å²) in [5.74, 6) is -1.86. The summed E-state index contributed by atoms with van der Waals surface area (Å²) in [6.45, 7) is 0. The Hall–Kier alpha value is -2.76. The van der Waals surface area contributed by atoms with Crippen LogP contribution in [-0.2, 0) is 0 Å². The molecular weight excluding hydrogens is 279 g/mol. The molecule has 3 aromatic rings. The van der Waals surface area contributed by atoms with Crippen LogP contribution in [0.5, 0.6) is 0 Å². The molecule has 0 saturated carbocycles. The van der Waals surface area contributed by atoms with Crippen LogP contribution in [0, 0.1) is 17.5 Å². The van der Waals surface area contributed by atoms with Crippen LogP contribution < -0.4 is 5.73 Å². The highest BCUT2D eigenvalue weighted by atomic mass is 19.1. The number of hydrogen-bond donors (Lipinski definition) is 1. The summed E-state index contributed by atoms with van der Waals surface area (Å²) < 4.78 is 41.3. The minimum atomic E-state index is -0.758. The van der Waals surface area contributed by atoms with Crippen LogP contribution in [-0.4, -0.2) is 9.78 Å². The van der Waals surface area contributed by atoms with Gasteiger partial charge in [-0.1, -0.05) is 6.07 Å². The van der Waals surface area contributed by atoms with E-state index in [4.69, 9.17) is 5.73 Å². The highest BCUT2D eigenvalue weighted by molar-refractivity contribution is 5.72. The quantitative estimate of drug-likeness (QED) is 0.784. The number of anilines is 1. The van der Waals surface area contributed by atoms with Gasteiger partial charge in [0.15, 0.2) is 0 Å². The van der Waals surface area contributed by atoms with Crippen molar-refractivity contribution in [2.45, 2.75) is 0 Å². The van der Waals surface area contributed by atoms with E-state index in [9.17, 15) is 13.2 Å². The van der Waals surface area contributed by atoms with E-state index in [0.29, 0.717) is 5.69 Å². The second kappa shape index (κ2) is 4.97. The fourth-order valence-electron chi connectivity index (χ4n) is 2.03. The Morgan fingerprint density at radius 2 is 1.71 bits per heavy atom. The predicted octanol–water partition coefficient (Wildman–Crippen LogP) is 3.54. The van der Waals surface area contributed by atoms with Crippen molar-refractivity contribution in [1.82, 2.24) is 9.78 Å². The smallest absolute Gasteiger partial charge is 0.135 e. The zero-order chi connectivity index (χ0) is 15.0. The van der Waals surface area contributed by atoms with Gasteiger partial charge in [-0.2, -0.15) is 5.10 Å². The van der Waals surface area contributed by atoms with Crippen LogP contribution in [0.15, 0.2) is 48.7 Å². The molecule has 2 aromatic carbocycles. The van der Waals surface area contributed by atoms with Gasteiger partial charge in [-0.05, 0) is 30.3 Å². The number of benzene rings is 2. The lowest BCUT2D eigenvalue weighted by atomic mass is 10.1. The molecule has 0 bridgehead atoms. The molecule has 1 heterocycles. The number of nitrogens with two attached hydrogens (primary N) is 1. The Morgan fingerprint density at radius 1 is 0.952 bits per heavy atom. The Bertz CT molecular complexity index is 812. The molecule has 0 fully saturated rings. The van der Waals surface area contributed by atoms with Gasteiger partial charge in [-0.3, -0.25) is 0 Å². The van der Waals surface area contributed by atoms with Gasteiger partial charge in [0.1, 0.15) is 23.1 Å². The number of aromatic nitrogens is 2. The molecule has 2 N–H and O–H groups in total. The summed E-state index contributed by atoms with van der Waals surface area (Å²) in [7, 11) is 0. The molecule has 0 saturated heterocycles. The third kappa shape index (κ3) is 2.47. The predicted molar refractivity (Wildman–Crippen MR) is 73.3 cm³/mol. The van der Waals surface area contributed by atoms with Crippen LogP contribution in [0.3, 0.4) is 0 Å². The van der Waals surface area contributed by atoms with Crippen molar-refractivity contribution < 1.29 is 13.2 Å². The first kappa shape index (κ1) is 13.2. The minimum Gasteiger partial charge on any atom is -0.396 e. The Kier molecular flexibility index (Phi) is 3.13. The fourth-order valence-corrected chi connectivity index (χ4v) is 2.03. The normalized spacial score (nSPS) is 10.8. The lowest BCUT2D eigenvalue weighted by Gasteiger charge is -2.02. The third-order valence-corrected chi connectivity index (χ3v) is 3.00. The van der Waals surface area contributed by atoms with E-state index in [0.717, 1.165) is 12.1 Å². The Labute approximate surface area is 118 Å². The average Bonchev–Trinajstić information content (AvgIpc) is 2.81. The van der Waals surface area contributed by atoms with Gasteiger partial charge in [-0.15, -0.1) is 0 Å². The first-order valence-corrected chi connectivity index (χ1v) is 6.11. The van der Waals surface area contributed by atoms with Gasteiger partial charge >= 0.3 is 0 Å². The molecule has 0 unspecified atom stereocenters. The van der Waals surface area contributed by atoms with Crippen LogP contribution in [0.2, 0.25) is 0 Å². The van der Waals surface area contributed by atoms with Gasteiger partial charge in [0, 0.05) is 11.6 Å². The number of nitrogen functional groups attached to an aromatic ring is 1. The van der Waals surface area contributed by atoms with Gasteiger partial charge in [-0.25, -0.2) is 17.9 Å². The maximum absolute atomic E-state index is 13.8. The second-order valence-corrected chi connectivity index (χ2v) is 4.48. The summed E-state index contributed by atoms with van der Waals surface area (Å²) >= 11 is 0. The minimum absolute atomic E-state index is 0.0871. The zero-order valence-corrected chi connectivity index (χ0v) is 10.7. The van der Waals surface area contributed by atoms with Crippen molar-refractivity contribution >= 4 is 5.69 Å². The van der Waals surface area contributed by atoms with Crippen molar-refractivity contribution in [3.8, 4) is 16.9 Å². The van der Waals surface area contributed by atoms with Crippen LogP contribution in [0.4, 0.5) is 18.9 Å². The lowest BCUT2D eigenvalue weighted by Crippen LogP contribution is -1.96. The zero-order valence-electron chi connectivity index (χ0n) is 10.7. The first-order chi connectivity index (χ1) is 10.0. The Balaban J connectivity index is 2.10. The van der Waals surface area contributed by atoms with Gasteiger partial charge in [0.2, 0.25) is 0 Å². The highest BCUT2D eigenvalue weighted by Crippen LogP contribution is 2.28. The fraction of sp³-hybridized carbons (Fsp3) is 0. The van der Waals surface area contributed by atoms with Gasteiger partial charge in [0.05, 0.1) is 17.6 Å². The molecular formula is C15H10F3N3. The average molecular weight is 289 g/mol. The standard InChI is InChI=1S/C15H10F3N3/c16-9-2-1-3-11(6-9)21-8-14(19)15(20-21)12-5-4-10(17)7-13(12)18/h1-8H,19H2. The number of nitrogens with zero attached hydrogens (tertiary/aromatic N) is 2. The molecule has 3 rings (SSSR count). The number of halogens is 3. The highest BCUT2D eigenvalue weighted by Gasteiger charge is 2.14. The van der Waals surface area contributed by atoms with Crippen molar-refractivity contribution in [1.29, 1.82) is 0 Å². The molecule has 1 aromatic heterocycles. The summed E-state index contributed by atoms with van der Waals surface area (Å²) in [6, 6.07) is 8.89. The summed E-state index contributed by atoms with van der Waals surface area (Å²) in [6.07, 6.45) is 1.45. The largest absolute Gasteiger partial charge is 0.396 e. The van der Waals surface area contributed by atoms with E-state index >= 15 is 0 Å². The molecule has 3 nitrogen and oxygen atoms in total. The second-order valence-electron chi connectivity index (χ2n) is 4.48. The number of rotatable bonds is 2. The Morgan fingerprint density at radius 3 is 2.43 bits per heavy atom. The van der Waals surface area contributed by atoms with Crippen molar-refractivity contribution in [3.05, 3.63) is 66.1 Å². The van der Waals surface area contributed by atoms with E-state index in [1.165, 1.54) is 35.1 Å². The maximum atomic E-state index is 13.8. The van der Waals surface area contributed by atoms with Gasteiger partial charge < -0.3 is 5.73 Å². The van der Waals surface area contributed by atoms with E-state index in [1.54, 1.807) is 6.07 Å². The molecule has 0 aliphatic rings. The molecule has 0 aliphatic heterocycles. The molecule has 106 valence electrons. The van der Waals surface area contributed by atoms with Gasteiger partial charge in [0.25, 0.3) is 0 Å². The lowest BCUT2D eigenvalue weighted by molar-refractivity contribution is 0.585. The van der Waals surface area contributed by atoms with E-state index < -0.39 is 17.5 Å². The molecule has 0 amide bonds. The molecule has 0 aliphatic carbocycles. The SMILES string of the molecule is Nc1cn(-c2cccc(F)c2)nc1-c1ccc(F)cc1F. The summed E-state index contributed by atoms with van der Waals surface area (Å²) in [4.78, 5) is 0. The van der Waals surface area contributed by atoms with E-state index in [-0.39, 0.29) is 16.9 Å². The number of hydrogen-bond acceptors (Lipinski definition) is 2. The topological polar surface area (TPSA) is 43.8 Å². The first-order valence-electron chi connectivity index (χ1n) is 6.11. The third-order valence-electron chi connectivity index (χ3n) is 3.00. The van der Waals surface area contributed by atoms with Crippen molar-refractivity contribution in [2.24, 2.45) is 0 Å². The molecule has 6 heteroatoms. The summed E-state index contributed by atoms with van der Waals surface area (Å²) in [5.41, 5.74) is 6.75. The molecule has 21 heavy (non-hydrogen) atoms. The van der Waals surface area contributed by atoms with E-state index in [2.05, 4.69) is 5.10 Å². The van der Waals surface area contributed by atoms with E-state index in [1.807, 2.05) is 0 Å². The summed E-state index contributed by atoms with van der Waals surface area (Å²) in [5, 5.41) is 4.14. The monoisotopic (exact) mass is 289 g/mol. The van der Waals surface area contributed by atoms with Crippen LogP contribution in [0.1, 0.15) is 0 Å².